The molecule has 20 heavy (non-hydrogen) atoms. The SMILES string of the molecule is CCCCCCCC(NC)C1COc2ccccc2O1. The van der Waals surface area contributed by atoms with Gasteiger partial charge in [-0.1, -0.05) is 51.2 Å². The molecule has 1 N–H and O–H groups in total. The Kier molecular flexibility index (Phi) is 6.19. The van der Waals surface area contributed by atoms with E-state index in [4.69, 9.17) is 9.47 Å². The highest BCUT2D eigenvalue weighted by Gasteiger charge is 2.27. The van der Waals surface area contributed by atoms with Crippen molar-refractivity contribution in [2.24, 2.45) is 0 Å². The largest absolute Gasteiger partial charge is 0.486 e. The Labute approximate surface area is 122 Å². The molecule has 0 spiro atoms. The number of likely N-dealkylation sites (N-methyl/N-ethyl adjacent to an activating group) is 1. The summed E-state index contributed by atoms with van der Waals surface area (Å²) in [6, 6.07) is 8.28. The van der Waals surface area contributed by atoms with Crippen molar-refractivity contribution in [1.82, 2.24) is 5.32 Å². The monoisotopic (exact) mass is 277 g/mol. The van der Waals surface area contributed by atoms with Gasteiger partial charge in [-0.05, 0) is 25.6 Å². The molecule has 0 bridgehead atoms. The molecular weight excluding hydrogens is 250 g/mol. The van der Waals surface area contributed by atoms with Crippen molar-refractivity contribution in [3.05, 3.63) is 24.3 Å². The van der Waals surface area contributed by atoms with E-state index in [-0.39, 0.29) is 6.10 Å². The van der Waals surface area contributed by atoms with Crippen LogP contribution in [-0.2, 0) is 0 Å². The van der Waals surface area contributed by atoms with Crippen LogP contribution in [0.1, 0.15) is 45.4 Å². The van der Waals surface area contributed by atoms with Crippen LogP contribution in [0.15, 0.2) is 24.3 Å². The average molecular weight is 277 g/mol. The van der Waals surface area contributed by atoms with Crippen LogP contribution in [-0.4, -0.2) is 25.8 Å². The van der Waals surface area contributed by atoms with Crippen molar-refractivity contribution >= 4 is 0 Å². The first kappa shape index (κ1) is 15.2. The molecule has 2 atom stereocenters. The maximum Gasteiger partial charge on any atom is 0.161 e. The van der Waals surface area contributed by atoms with E-state index in [1.165, 1.54) is 32.1 Å². The summed E-state index contributed by atoms with van der Waals surface area (Å²) in [5.41, 5.74) is 0. The van der Waals surface area contributed by atoms with E-state index in [9.17, 15) is 0 Å². The van der Waals surface area contributed by atoms with Crippen LogP contribution < -0.4 is 14.8 Å². The van der Waals surface area contributed by atoms with E-state index >= 15 is 0 Å². The number of fused-ring (bicyclic) bond motifs is 1. The van der Waals surface area contributed by atoms with Gasteiger partial charge < -0.3 is 14.8 Å². The van der Waals surface area contributed by atoms with Crippen LogP contribution in [0, 0.1) is 0 Å². The van der Waals surface area contributed by atoms with Gasteiger partial charge in [0.1, 0.15) is 12.7 Å². The lowest BCUT2D eigenvalue weighted by atomic mass is 10.0. The second-order valence-corrected chi connectivity index (χ2v) is 5.51. The van der Waals surface area contributed by atoms with E-state index in [1.54, 1.807) is 0 Å². The normalized spacial score (nSPS) is 18.8. The van der Waals surface area contributed by atoms with E-state index in [0.29, 0.717) is 12.6 Å². The summed E-state index contributed by atoms with van der Waals surface area (Å²) in [5, 5.41) is 3.39. The molecule has 2 rings (SSSR count). The molecule has 0 aliphatic carbocycles. The highest BCUT2D eigenvalue weighted by Crippen LogP contribution is 2.32. The van der Waals surface area contributed by atoms with Gasteiger partial charge in [0, 0.05) is 6.04 Å². The van der Waals surface area contributed by atoms with Gasteiger partial charge in [-0.15, -0.1) is 0 Å². The van der Waals surface area contributed by atoms with Crippen LogP contribution in [0.25, 0.3) is 0 Å². The number of unbranched alkanes of at least 4 members (excludes halogenated alkanes) is 4. The number of hydrogen-bond acceptors (Lipinski definition) is 3. The zero-order chi connectivity index (χ0) is 14.2. The second-order valence-electron chi connectivity index (χ2n) is 5.51. The molecule has 3 nitrogen and oxygen atoms in total. The molecule has 1 aromatic rings. The Morgan fingerprint density at radius 1 is 1.15 bits per heavy atom. The molecule has 1 heterocycles. The van der Waals surface area contributed by atoms with Crippen LogP contribution in [0.4, 0.5) is 0 Å². The van der Waals surface area contributed by atoms with Crippen LogP contribution in [0.2, 0.25) is 0 Å². The molecule has 0 saturated carbocycles. The van der Waals surface area contributed by atoms with Crippen molar-refractivity contribution < 1.29 is 9.47 Å². The van der Waals surface area contributed by atoms with Crippen molar-refractivity contribution in [3.63, 3.8) is 0 Å². The quantitative estimate of drug-likeness (QED) is 0.734. The summed E-state index contributed by atoms with van der Waals surface area (Å²) in [7, 11) is 2.01. The fraction of sp³-hybridized carbons (Fsp3) is 0.647. The minimum atomic E-state index is 0.112. The molecule has 1 aliphatic heterocycles. The van der Waals surface area contributed by atoms with Gasteiger partial charge >= 0.3 is 0 Å². The molecule has 0 amide bonds. The number of ether oxygens (including phenoxy) is 2. The van der Waals surface area contributed by atoms with Gasteiger partial charge in [-0.3, -0.25) is 0 Å². The summed E-state index contributed by atoms with van der Waals surface area (Å²) in [4.78, 5) is 0. The standard InChI is InChI=1S/C17H27NO2/c1-3-4-5-6-7-10-14(18-2)17-13-19-15-11-8-9-12-16(15)20-17/h8-9,11-12,14,17-18H,3-7,10,13H2,1-2H3. The molecule has 1 aromatic carbocycles. The lowest BCUT2D eigenvalue weighted by molar-refractivity contribution is 0.0609. The Morgan fingerprint density at radius 2 is 1.90 bits per heavy atom. The first-order valence-electron chi connectivity index (χ1n) is 7.91. The summed E-state index contributed by atoms with van der Waals surface area (Å²) in [5.74, 6) is 1.73. The summed E-state index contributed by atoms with van der Waals surface area (Å²) >= 11 is 0. The molecule has 3 heteroatoms. The van der Waals surface area contributed by atoms with Crippen molar-refractivity contribution in [1.29, 1.82) is 0 Å². The van der Waals surface area contributed by atoms with Gasteiger partial charge in [0.25, 0.3) is 0 Å². The third-order valence-electron chi connectivity index (χ3n) is 3.97. The van der Waals surface area contributed by atoms with Gasteiger partial charge in [0.15, 0.2) is 11.5 Å². The third kappa shape index (κ3) is 4.14. The van der Waals surface area contributed by atoms with Crippen LogP contribution in [0.3, 0.4) is 0 Å². The molecule has 1 aliphatic rings. The van der Waals surface area contributed by atoms with Gasteiger partial charge in [0.05, 0.1) is 0 Å². The average Bonchev–Trinajstić information content (AvgIpc) is 2.50. The molecule has 0 aromatic heterocycles. The Balaban J connectivity index is 1.80. The number of nitrogens with one attached hydrogen (secondary N) is 1. The van der Waals surface area contributed by atoms with Crippen LogP contribution >= 0.6 is 0 Å². The van der Waals surface area contributed by atoms with E-state index < -0.39 is 0 Å². The topological polar surface area (TPSA) is 30.5 Å². The molecule has 0 saturated heterocycles. The zero-order valence-corrected chi connectivity index (χ0v) is 12.7. The van der Waals surface area contributed by atoms with Crippen molar-refractivity contribution in [3.8, 4) is 11.5 Å². The fourth-order valence-corrected chi connectivity index (χ4v) is 2.72. The van der Waals surface area contributed by atoms with Crippen molar-refractivity contribution in [2.45, 2.75) is 57.6 Å². The van der Waals surface area contributed by atoms with E-state index in [1.807, 2.05) is 31.3 Å². The minimum Gasteiger partial charge on any atom is -0.486 e. The van der Waals surface area contributed by atoms with Gasteiger partial charge in [-0.2, -0.15) is 0 Å². The summed E-state index contributed by atoms with van der Waals surface area (Å²) < 4.78 is 11.9. The number of hydrogen-bond donors (Lipinski definition) is 1. The van der Waals surface area contributed by atoms with Gasteiger partial charge in [-0.25, -0.2) is 0 Å². The predicted octanol–water partition coefficient (Wildman–Crippen LogP) is 3.77. The highest BCUT2D eigenvalue weighted by atomic mass is 16.6. The number of benzene rings is 1. The number of para-hydroxylation sites is 2. The first-order valence-corrected chi connectivity index (χ1v) is 7.91. The lowest BCUT2D eigenvalue weighted by Gasteiger charge is -2.32. The molecular formula is C17H27NO2. The van der Waals surface area contributed by atoms with E-state index in [0.717, 1.165) is 17.9 Å². The first-order chi connectivity index (χ1) is 9.85. The molecule has 2 unspecified atom stereocenters. The van der Waals surface area contributed by atoms with Crippen molar-refractivity contribution in [2.75, 3.05) is 13.7 Å². The zero-order valence-electron chi connectivity index (χ0n) is 12.7. The second kappa shape index (κ2) is 8.15. The molecule has 112 valence electrons. The van der Waals surface area contributed by atoms with Crippen LogP contribution in [0.5, 0.6) is 11.5 Å². The lowest BCUT2D eigenvalue weighted by Crippen LogP contribution is -2.46. The maximum absolute atomic E-state index is 6.08. The molecule has 0 radical (unpaired) electrons. The highest BCUT2D eigenvalue weighted by molar-refractivity contribution is 5.40. The fourth-order valence-electron chi connectivity index (χ4n) is 2.72. The number of rotatable bonds is 8. The Morgan fingerprint density at radius 3 is 2.65 bits per heavy atom. The van der Waals surface area contributed by atoms with E-state index in [2.05, 4.69) is 12.2 Å². The summed E-state index contributed by atoms with van der Waals surface area (Å²) in [6.45, 7) is 2.89. The predicted molar refractivity (Wildman–Crippen MR) is 82.6 cm³/mol. The third-order valence-corrected chi connectivity index (χ3v) is 3.97. The summed E-state index contributed by atoms with van der Waals surface area (Å²) in [6.07, 6.45) is 7.82. The minimum absolute atomic E-state index is 0.112. The Hall–Kier alpha value is -1.22. The smallest absolute Gasteiger partial charge is 0.161 e. The maximum atomic E-state index is 6.08. The molecule has 0 fully saturated rings. The Bertz CT molecular complexity index is 394. The van der Waals surface area contributed by atoms with Gasteiger partial charge in [0.2, 0.25) is 0 Å².